The lowest BCUT2D eigenvalue weighted by Crippen LogP contribution is -2.47. The van der Waals surface area contributed by atoms with Crippen LogP contribution in [0.5, 0.6) is 0 Å². The van der Waals surface area contributed by atoms with Crippen LogP contribution < -0.4 is 0 Å². The van der Waals surface area contributed by atoms with Gasteiger partial charge in [0, 0.05) is 6.42 Å². The normalized spacial score (nSPS) is 24.2. The summed E-state index contributed by atoms with van der Waals surface area (Å²) < 4.78 is 6.63. The summed E-state index contributed by atoms with van der Waals surface area (Å²) in [5.41, 5.74) is 1.70. The molecule has 0 heterocycles. The van der Waals surface area contributed by atoms with Gasteiger partial charge in [-0.25, -0.2) is 0 Å². The van der Waals surface area contributed by atoms with Gasteiger partial charge in [-0.1, -0.05) is 41.5 Å². The summed E-state index contributed by atoms with van der Waals surface area (Å²) in [7, 11) is -1.87. The van der Waals surface area contributed by atoms with Crippen LogP contribution in [0.15, 0.2) is 11.8 Å². The van der Waals surface area contributed by atoms with E-state index in [2.05, 4.69) is 41.5 Å². The van der Waals surface area contributed by atoms with Crippen molar-refractivity contribution in [3.63, 3.8) is 0 Å². The molecule has 4 heteroatoms. The molecule has 1 atom stereocenters. The maximum atomic E-state index is 11.0. The highest BCUT2D eigenvalue weighted by molar-refractivity contribution is 6.77. The number of hydrogen-bond acceptors (Lipinski definition) is 2. The minimum absolute atomic E-state index is 0.567. The Kier molecular flexibility index (Phi) is 5.91. The highest BCUT2D eigenvalue weighted by atomic mass is 35.5. The second kappa shape index (κ2) is 6.65. The number of alkyl halides is 1. The standard InChI is InChI=1S/C16H29ClO2Si/c1-12(2)20(13(3)4,14(5)6)19-15-7-9-16(17,11-18)10-8-15/h7,11-14H,8-10H2,1-6H3/t16-/m0/s1. The largest absolute Gasteiger partial charge is 0.546 e. The van der Waals surface area contributed by atoms with E-state index < -0.39 is 13.2 Å². The van der Waals surface area contributed by atoms with Crippen LogP contribution in [0.4, 0.5) is 0 Å². The molecule has 0 saturated heterocycles. The van der Waals surface area contributed by atoms with Crippen molar-refractivity contribution < 1.29 is 9.22 Å². The summed E-state index contributed by atoms with van der Waals surface area (Å²) in [5.74, 6) is 1.06. The van der Waals surface area contributed by atoms with Crippen molar-refractivity contribution in [1.82, 2.24) is 0 Å². The van der Waals surface area contributed by atoms with Crippen molar-refractivity contribution >= 4 is 26.2 Å². The SMILES string of the molecule is CC(C)[Si](OC1=CC[C@@](Cl)(C=O)CC1)(C(C)C)C(C)C. The van der Waals surface area contributed by atoms with E-state index in [1.54, 1.807) is 0 Å². The first-order valence-corrected chi connectivity index (χ1v) is 10.2. The monoisotopic (exact) mass is 316 g/mol. The van der Waals surface area contributed by atoms with Crippen LogP contribution in [-0.4, -0.2) is 19.5 Å². The molecule has 0 bridgehead atoms. The fraction of sp³-hybridized carbons (Fsp3) is 0.812. The van der Waals surface area contributed by atoms with Crippen LogP contribution in [0.2, 0.25) is 16.6 Å². The molecule has 1 aliphatic carbocycles. The molecule has 0 N–H and O–H groups in total. The van der Waals surface area contributed by atoms with Gasteiger partial charge in [0.05, 0.1) is 5.76 Å². The Morgan fingerprint density at radius 2 is 1.70 bits per heavy atom. The Hall–Kier alpha value is -0.283. The molecule has 0 aromatic carbocycles. The molecule has 0 unspecified atom stereocenters. The molecule has 2 nitrogen and oxygen atoms in total. The minimum Gasteiger partial charge on any atom is -0.546 e. The molecule has 0 amide bonds. The molecule has 20 heavy (non-hydrogen) atoms. The van der Waals surface area contributed by atoms with Gasteiger partial charge in [-0.2, -0.15) is 0 Å². The van der Waals surface area contributed by atoms with E-state index in [0.29, 0.717) is 29.5 Å². The van der Waals surface area contributed by atoms with Gasteiger partial charge in [-0.05, 0) is 35.5 Å². The van der Waals surface area contributed by atoms with Crippen LogP contribution in [0, 0.1) is 0 Å². The Bertz CT molecular complexity index is 355. The fourth-order valence-corrected chi connectivity index (χ4v) is 9.12. The Morgan fingerprint density at radius 1 is 1.20 bits per heavy atom. The van der Waals surface area contributed by atoms with Crippen molar-refractivity contribution in [3.8, 4) is 0 Å². The fourth-order valence-electron chi connectivity index (χ4n) is 3.60. The van der Waals surface area contributed by atoms with Crippen LogP contribution in [0.1, 0.15) is 60.8 Å². The van der Waals surface area contributed by atoms with E-state index in [1.165, 1.54) is 0 Å². The minimum atomic E-state index is -1.87. The summed E-state index contributed by atoms with van der Waals surface area (Å²) in [6.45, 7) is 13.7. The molecule has 0 aliphatic heterocycles. The van der Waals surface area contributed by atoms with Gasteiger partial charge >= 0.3 is 0 Å². The maximum absolute atomic E-state index is 11.0. The van der Waals surface area contributed by atoms with Gasteiger partial charge in [0.2, 0.25) is 0 Å². The summed E-state index contributed by atoms with van der Waals surface area (Å²) in [6.07, 6.45) is 4.97. The first-order valence-electron chi connectivity index (χ1n) is 7.71. The zero-order valence-electron chi connectivity index (χ0n) is 13.7. The van der Waals surface area contributed by atoms with Crippen LogP contribution in [-0.2, 0) is 9.22 Å². The number of carbonyl (C=O) groups excluding carboxylic acids is 1. The zero-order chi connectivity index (χ0) is 15.6. The third-order valence-electron chi connectivity index (χ3n) is 4.68. The van der Waals surface area contributed by atoms with Gasteiger partial charge in [0.25, 0.3) is 8.32 Å². The van der Waals surface area contributed by atoms with Gasteiger partial charge < -0.3 is 9.22 Å². The van der Waals surface area contributed by atoms with Gasteiger partial charge in [-0.15, -0.1) is 11.6 Å². The highest BCUT2D eigenvalue weighted by Gasteiger charge is 2.47. The van der Waals surface area contributed by atoms with E-state index in [9.17, 15) is 4.79 Å². The predicted molar refractivity (Wildman–Crippen MR) is 88.7 cm³/mol. The topological polar surface area (TPSA) is 26.3 Å². The van der Waals surface area contributed by atoms with Gasteiger partial charge in [-0.3, -0.25) is 0 Å². The number of hydrogen-bond donors (Lipinski definition) is 0. The number of carbonyl (C=O) groups is 1. The van der Waals surface area contributed by atoms with Crippen molar-refractivity contribution in [2.75, 3.05) is 0 Å². The lowest BCUT2D eigenvalue weighted by Gasteiger charge is -2.44. The van der Waals surface area contributed by atoms with E-state index in [4.69, 9.17) is 16.0 Å². The molecular weight excluding hydrogens is 288 g/mol. The summed E-state index contributed by atoms with van der Waals surface area (Å²) in [5, 5.41) is 0. The quantitative estimate of drug-likeness (QED) is 0.371. The van der Waals surface area contributed by atoms with E-state index in [-0.39, 0.29) is 0 Å². The summed E-state index contributed by atoms with van der Waals surface area (Å²) >= 11 is 6.23. The van der Waals surface area contributed by atoms with E-state index in [0.717, 1.165) is 18.5 Å². The van der Waals surface area contributed by atoms with Crippen molar-refractivity contribution in [2.24, 2.45) is 0 Å². The summed E-state index contributed by atoms with van der Waals surface area (Å²) in [6, 6.07) is 0. The lowest BCUT2D eigenvalue weighted by atomic mass is 9.94. The third-order valence-corrected chi connectivity index (χ3v) is 11.1. The Balaban J connectivity index is 2.96. The smallest absolute Gasteiger partial charge is 0.258 e. The predicted octanol–water partition coefficient (Wildman–Crippen LogP) is 5.42. The van der Waals surface area contributed by atoms with Crippen molar-refractivity contribution in [2.45, 2.75) is 82.3 Å². The number of allylic oxidation sites excluding steroid dienone is 2. The molecule has 0 fully saturated rings. The van der Waals surface area contributed by atoms with Crippen molar-refractivity contribution in [3.05, 3.63) is 11.8 Å². The molecule has 116 valence electrons. The van der Waals surface area contributed by atoms with Crippen LogP contribution >= 0.6 is 11.6 Å². The average Bonchev–Trinajstić information content (AvgIpc) is 2.37. The second-order valence-electron chi connectivity index (χ2n) is 6.95. The van der Waals surface area contributed by atoms with Crippen molar-refractivity contribution in [1.29, 1.82) is 0 Å². The Labute approximate surface area is 130 Å². The lowest BCUT2D eigenvalue weighted by molar-refractivity contribution is -0.110. The second-order valence-corrected chi connectivity index (χ2v) is 13.1. The molecule has 0 aromatic rings. The molecular formula is C16H29ClO2Si. The molecule has 1 rings (SSSR count). The van der Waals surface area contributed by atoms with Crippen LogP contribution in [0.25, 0.3) is 0 Å². The molecule has 0 aromatic heterocycles. The zero-order valence-corrected chi connectivity index (χ0v) is 15.5. The highest BCUT2D eigenvalue weighted by Crippen LogP contribution is 2.45. The molecule has 0 saturated carbocycles. The summed E-state index contributed by atoms with van der Waals surface area (Å²) in [4.78, 5) is 10.3. The number of aldehydes is 1. The Morgan fingerprint density at radius 3 is 2.00 bits per heavy atom. The average molecular weight is 317 g/mol. The molecule has 0 radical (unpaired) electrons. The number of rotatable bonds is 6. The van der Waals surface area contributed by atoms with E-state index in [1.807, 2.05) is 6.08 Å². The molecule has 0 spiro atoms. The number of halogens is 1. The first-order chi connectivity index (χ1) is 9.18. The van der Waals surface area contributed by atoms with Crippen LogP contribution in [0.3, 0.4) is 0 Å². The van der Waals surface area contributed by atoms with Gasteiger partial charge in [0.1, 0.15) is 11.2 Å². The third kappa shape index (κ3) is 3.48. The maximum Gasteiger partial charge on any atom is 0.258 e. The van der Waals surface area contributed by atoms with Gasteiger partial charge in [0.15, 0.2) is 0 Å². The molecule has 1 aliphatic rings. The first kappa shape index (κ1) is 17.8. The van der Waals surface area contributed by atoms with E-state index >= 15 is 0 Å².